The van der Waals surface area contributed by atoms with Gasteiger partial charge in [0.1, 0.15) is 35.8 Å². The van der Waals surface area contributed by atoms with Crippen LogP contribution in [0.2, 0.25) is 0 Å². The first-order valence-electron chi connectivity index (χ1n) is 13.5. The highest BCUT2D eigenvalue weighted by atomic mass is 19.1. The van der Waals surface area contributed by atoms with Gasteiger partial charge in [-0.2, -0.15) is 0 Å². The molecule has 0 radical (unpaired) electrons. The van der Waals surface area contributed by atoms with E-state index in [-0.39, 0.29) is 31.1 Å². The third-order valence-electron chi connectivity index (χ3n) is 7.76. The van der Waals surface area contributed by atoms with Crippen molar-refractivity contribution in [3.8, 4) is 28.3 Å². The van der Waals surface area contributed by atoms with Gasteiger partial charge in [-0.1, -0.05) is 36.4 Å². The van der Waals surface area contributed by atoms with Gasteiger partial charge in [0.2, 0.25) is 0 Å². The van der Waals surface area contributed by atoms with Crippen LogP contribution >= 0.6 is 0 Å². The number of aliphatic hydroxyl groups is 1. The summed E-state index contributed by atoms with van der Waals surface area (Å²) < 4.78 is 21.2. The normalized spacial score (nSPS) is 15.0. The molecule has 8 nitrogen and oxygen atoms in total. The number of benzene rings is 3. The molecule has 41 heavy (non-hydrogen) atoms. The molecule has 0 saturated heterocycles. The van der Waals surface area contributed by atoms with Crippen LogP contribution in [0.5, 0.6) is 5.75 Å². The summed E-state index contributed by atoms with van der Waals surface area (Å²) in [5, 5.41) is 10.6. The van der Waals surface area contributed by atoms with Crippen LogP contribution in [0.15, 0.2) is 66.9 Å². The van der Waals surface area contributed by atoms with Crippen LogP contribution in [-0.2, 0) is 6.61 Å². The zero-order valence-corrected chi connectivity index (χ0v) is 21.9. The van der Waals surface area contributed by atoms with Crippen LogP contribution < -0.4 is 9.64 Å². The van der Waals surface area contributed by atoms with Crippen LogP contribution in [0.25, 0.3) is 33.7 Å². The Morgan fingerprint density at radius 3 is 2.68 bits per heavy atom. The summed E-state index contributed by atoms with van der Waals surface area (Å²) >= 11 is 0. The monoisotopic (exact) mass is 548 g/mol. The van der Waals surface area contributed by atoms with E-state index in [0.29, 0.717) is 45.3 Å². The molecule has 3 aromatic carbocycles. The molecule has 1 aliphatic carbocycles. The molecule has 1 aliphatic heterocycles. The average Bonchev–Trinajstić information content (AvgIpc) is 3.78. The minimum atomic E-state index is -0.593. The number of hydrogen-bond donors (Lipinski definition) is 2. The zero-order chi connectivity index (χ0) is 28.1. The van der Waals surface area contributed by atoms with Crippen molar-refractivity contribution in [3.05, 3.63) is 94.9 Å². The van der Waals surface area contributed by atoms with Crippen molar-refractivity contribution in [1.82, 2.24) is 15.0 Å². The van der Waals surface area contributed by atoms with Crippen LogP contribution in [0.4, 0.5) is 10.1 Å². The second kappa shape index (κ2) is 9.94. The first-order valence-corrected chi connectivity index (χ1v) is 13.5. The third kappa shape index (κ3) is 4.35. The smallest absolute Gasteiger partial charge is 0.265 e. The second-order valence-corrected chi connectivity index (χ2v) is 10.3. The number of fused-ring (bicyclic) bond motifs is 2. The van der Waals surface area contributed by atoms with Gasteiger partial charge in [0.25, 0.3) is 5.91 Å². The van der Waals surface area contributed by atoms with Gasteiger partial charge in [0.05, 0.1) is 24.4 Å². The highest BCUT2D eigenvalue weighted by Gasteiger charge is 2.33. The number of amides is 1. The quantitative estimate of drug-likeness (QED) is 0.266. The van der Waals surface area contributed by atoms with E-state index in [1.807, 2.05) is 12.1 Å². The number of nitrogens with one attached hydrogen (secondary N) is 1. The molecule has 0 atom stereocenters. The number of nitrogens with zero attached hydrogens (tertiary/aromatic N) is 3. The molecule has 1 saturated carbocycles. The van der Waals surface area contributed by atoms with E-state index in [2.05, 4.69) is 15.0 Å². The fraction of sp³-hybridized carbons (Fsp3) is 0.188. The standard InChI is InChI=1S/C32H25FN4O4/c33-25-14-21(19-8-9-19)15-27-28(25)32(40)37(12-13-41-27)26-3-1-2-22(24(26)17-39)23-10-11-34-31-29(23)35-30(36-31)20-6-4-18(16-38)5-7-20/h1-7,10-11,14-16,19,39H,8-9,12-13,17H2,(H,34,35,36). The third-order valence-corrected chi connectivity index (χ3v) is 7.76. The van der Waals surface area contributed by atoms with Crippen molar-refractivity contribution >= 4 is 29.0 Å². The predicted molar refractivity (Wildman–Crippen MR) is 152 cm³/mol. The van der Waals surface area contributed by atoms with Gasteiger partial charge in [-0.25, -0.2) is 14.4 Å². The molecule has 2 N–H and O–H groups in total. The number of imidazole rings is 1. The summed E-state index contributed by atoms with van der Waals surface area (Å²) in [4.78, 5) is 38.7. The summed E-state index contributed by atoms with van der Waals surface area (Å²) in [7, 11) is 0. The predicted octanol–water partition coefficient (Wildman–Crippen LogP) is 5.65. The summed E-state index contributed by atoms with van der Waals surface area (Å²) in [5.74, 6) is 0.0674. The van der Waals surface area contributed by atoms with Crippen molar-refractivity contribution in [2.45, 2.75) is 25.4 Å². The molecule has 1 amide bonds. The number of H-pyrrole nitrogens is 1. The number of halogens is 1. The molecule has 9 heteroatoms. The molecule has 0 bridgehead atoms. The maximum atomic E-state index is 15.3. The van der Waals surface area contributed by atoms with E-state index >= 15 is 4.39 Å². The lowest BCUT2D eigenvalue weighted by Gasteiger charge is -2.24. The fourth-order valence-corrected chi connectivity index (χ4v) is 5.53. The Hall–Kier alpha value is -4.89. The maximum Gasteiger partial charge on any atom is 0.265 e. The van der Waals surface area contributed by atoms with Gasteiger partial charge in [0.15, 0.2) is 5.65 Å². The summed E-state index contributed by atoms with van der Waals surface area (Å²) in [6.45, 7) is 0.0245. The first-order chi connectivity index (χ1) is 20.1. The van der Waals surface area contributed by atoms with E-state index in [1.165, 1.54) is 11.0 Å². The van der Waals surface area contributed by atoms with Crippen molar-refractivity contribution in [1.29, 1.82) is 0 Å². The van der Waals surface area contributed by atoms with Gasteiger partial charge in [-0.05, 0) is 54.2 Å². The molecular weight excluding hydrogens is 523 g/mol. The molecule has 1 fully saturated rings. The van der Waals surface area contributed by atoms with Crippen LogP contribution in [0.1, 0.15) is 50.6 Å². The SMILES string of the molecule is O=Cc1ccc(-c2nc3nccc(-c4cccc(N5CCOc6cc(C7CC7)cc(F)c6C5=O)c4CO)c3[nH]2)cc1. The molecular formula is C32H25FN4O4. The molecule has 3 heterocycles. The molecule has 0 spiro atoms. The molecule has 0 unspecified atom stereocenters. The van der Waals surface area contributed by atoms with Gasteiger partial charge < -0.3 is 19.7 Å². The fourth-order valence-electron chi connectivity index (χ4n) is 5.53. The number of aromatic amines is 1. The zero-order valence-electron chi connectivity index (χ0n) is 21.9. The molecule has 204 valence electrons. The summed E-state index contributed by atoms with van der Waals surface area (Å²) in [6.07, 6.45) is 4.44. The molecule has 2 aromatic heterocycles. The largest absolute Gasteiger partial charge is 0.491 e. The number of rotatable bonds is 6. The van der Waals surface area contributed by atoms with Crippen molar-refractivity contribution in [3.63, 3.8) is 0 Å². The van der Waals surface area contributed by atoms with Crippen LogP contribution in [0, 0.1) is 5.82 Å². The van der Waals surface area contributed by atoms with Crippen LogP contribution in [-0.4, -0.2) is 45.4 Å². The number of aliphatic hydroxyl groups excluding tert-OH is 1. The minimum Gasteiger partial charge on any atom is -0.491 e. The van der Waals surface area contributed by atoms with Crippen molar-refractivity contribution < 1.29 is 23.8 Å². The van der Waals surface area contributed by atoms with Gasteiger partial charge in [-0.3, -0.25) is 9.59 Å². The molecule has 5 aromatic rings. The van der Waals surface area contributed by atoms with E-state index in [0.717, 1.165) is 35.8 Å². The lowest BCUT2D eigenvalue weighted by Crippen LogP contribution is -2.33. The molecule has 2 aliphatic rings. The lowest BCUT2D eigenvalue weighted by molar-refractivity contribution is 0.0985. The van der Waals surface area contributed by atoms with E-state index in [9.17, 15) is 14.7 Å². The topological polar surface area (TPSA) is 108 Å². The number of aldehydes is 1. The van der Waals surface area contributed by atoms with E-state index in [4.69, 9.17) is 4.74 Å². The minimum absolute atomic E-state index is 0.0914. The average molecular weight is 549 g/mol. The Morgan fingerprint density at radius 2 is 1.93 bits per heavy atom. The Bertz CT molecular complexity index is 1830. The number of ether oxygens (including phenoxy) is 1. The number of anilines is 1. The Kier molecular flexibility index (Phi) is 6.09. The lowest BCUT2D eigenvalue weighted by atomic mass is 9.97. The first kappa shape index (κ1) is 25.1. The number of carbonyl (C=O) groups excluding carboxylic acids is 2. The Morgan fingerprint density at radius 1 is 1.10 bits per heavy atom. The van der Waals surface area contributed by atoms with E-state index in [1.54, 1.807) is 48.7 Å². The summed E-state index contributed by atoms with van der Waals surface area (Å²) in [5.41, 5.74) is 5.67. The van der Waals surface area contributed by atoms with Gasteiger partial charge in [0, 0.05) is 28.5 Å². The number of hydrogen-bond acceptors (Lipinski definition) is 6. The maximum absolute atomic E-state index is 15.3. The molecule has 7 rings (SSSR count). The number of pyridine rings is 1. The highest BCUT2D eigenvalue weighted by molar-refractivity contribution is 6.09. The summed E-state index contributed by atoms with van der Waals surface area (Å²) in [6, 6.07) is 17.5. The van der Waals surface area contributed by atoms with Crippen molar-refractivity contribution in [2.75, 3.05) is 18.1 Å². The highest BCUT2D eigenvalue weighted by Crippen LogP contribution is 2.43. The second-order valence-electron chi connectivity index (χ2n) is 10.3. The number of carbonyl (C=O) groups is 2. The van der Waals surface area contributed by atoms with Gasteiger partial charge in [-0.15, -0.1) is 0 Å². The van der Waals surface area contributed by atoms with Gasteiger partial charge >= 0.3 is 0 Å². The Balaban J connectivity index is 1.31. The number of aromatic nitrogens is 3. The van der Waals surface area contributed by atoms with Crippen LogP contribution in [0.3, 0.4) is 0 Å². The van der Waals surface area contributed by atoms with E-state index < -0.39 is 11.7 Å². The Labute approximate surface area is 234 Å². The van der Waals surface area contributed by atoms with Crippen molar-refractivity contribution in [2.24, 2.45) is 0 Å².